The van der Waals surface area contributed by atoms with Crippen molar-refractivity contribution in [3.8, 4) is 11.8 Å². The van der Waals surface area contributed by atoms with Crippen LogP contribution in [0.4, 0.5) is 14.5 Å². The maximum Gasteiger partial charge on any atom is 0.344 e. The lowest BCUT2D eigenvalue weighted by molar-refractivity contribution is -0.149. The number of benzene rings is 2. The summed E-state index contributed by atoms with van der Waals surface area (Å²) in [6.45, 7) is -1.03. The first-order chi connectivity index (χ1) is 12.0. The molecule has 0 heterocycles. The Labute approximate surface area is 141 Å². The number of halogens is 2. The number of ether oxygens (including phenoxy) is 2. The average Bonchev–Trinajstić information content (AvgIpc) is 2.61. The van der Waals surface area contributed by atoms with Crippen molar-refractivity contribution in [1.82, 2.24) is 0 Å². The van der Waals surface area contributed by atoms with Crippen molar-refractivity contribution >= 4 is 17.6 Å². The fourth-order valence-electron chi connectivity index (χ4n) is 1.73. The summed E-state index contributed by atoms with van der Waals surface area (Å²) >= 11 is 0. The summed E-state index contributed by atoms with van der Waals surface area (Å²) in [6, 6.07) is 10.9. The van der Waals surface area contributed by atoms with Crippen LogP contribution in [0.1, 0.15) is 5.56 Å². The van der Waals surface area contributed by atoms with Crippen LogP contribution in [-0.2, 0) is 14.3 Å². The van der Waals surface area contributed by atoms with Gasteiger partial charge in [-0.25, -0.2) is 13.6 Å². The minimum absolute atomic E-state index is 0.0359. The number of esters is 1. The molecule has 0 aliphatic rings. The number of hydrogen-bond donors (Lipinski definition) is 1. The van der Waals surface area contributed by atoms with E-state index in [4.69, 9.17) is 14.7 Å². The number of anilines is 1. The maximum atomic E-state index is 13.0. The summed E-state index contributed by atoms with van der Waals surface area (Å²) in [4.78, 5) is 23.1. The average molecular weight is 346 g/mol. The van der Waals surface area contributed by atoms with Gasteiger partial charge in [-0.1, -0.05) is 0 Å². The van der Waals surface area contributed by atoms with E-state index in [0.29, 0.717) is 11.3 Å². The van der Waals surface area contributed by atoms with Crippen molar-refractivity contribution < 1.29 is 27.8 Å². The highest BCUT2D eigenvalue weighted by molar-refractivity contribution is 5.92. The third-order valence-corrected chi connectivity index (χ3v) is 2.91. The van der Waals surface area contributed by atoms with Gasteiger partial charge >= 0.3 is 5.97 Å². The van der Waals surface area contributed by atoms with Crippen molar-refractivity contribution in [2.45, 2.75) is 0 Å². The van der Waals surface area contributed by atoms with E-state index in [1.807, 2.05) is 6.07 Å². The van der Waals surface area contributed by atoms with Gasteiger partial charge in [-0.05, 0) is 36.4 Å². The number of amides is 1. The van der Waals surface area contributed by atoms with Crippen molar-refractivity contribution in [2.75, 3.05) is 18.5 Å². The van der Waals surface area contributed by atoms with Gasteiger partial charge in [0.25, 0.3) is 5.91 Å². The lowest BCUT2D eigenvalue weighted by atomic mass is 10.2. The van der Waals surface area contributed by atoms with E-state index in [0.717, 1.165) is 12.1 Å². The Morgan fingerprint density at radius 1 is 1.04 bits per heavy atom. The van der Waals surface area contributed by atoms with E-state index >= 15 is 0 Å². The quantitative estimate of drug-likeness (QED) is 0.812. The molecule has 0 aliphatic heterocycles. The van der Waals surface area contributed by atoms with Crippen LogP contribution in [0.2, 0.25) is 0 Å². The molecule has 0 aliphatic carbocycles. The van der Waals surface area contributed by atoms with E-state index in [-0.39, 0.29) is 5.69 Å². The van der Waals surface area contributed by atoms with Crippen molar-refractivity contribution in [3.05, 3.63) is 59.7 Å². The maximum absolute atomic E-state index is 13.0. The summed E-state index contributed by atoms with van der Waals surface area (Å²) in [5, 5.41) is 10.9. The first-order valence-corrected chi connectivity index (χ1v) is 7.01. The Morgan fingerprint density at radius 2 is 1.76 bits per heavy atom. The van der Waals surface area contributed by atoms with Crippen LogP contribution in [-0.4, -0.2) is 25.1 Å². The second-order valence-electron chi connectivity index (χ2n) is 4.76. The van der Waals surface area contributed by atoms with E-state index in [9.17, 15) is 18.4 Å². The minimum Gasteiger partial charge on any atom is -0.482 e. The third kappa shape index (κ3) is 5.58. The molecular weight excluding hydrogens is 334 g/mol. The van der Waals surface area contributed by atoms with Crippen molar-refractivity contribution in [3.63, 3.8) is 0 Å². The van der Waals surface area contributed by atoms with Crippen LogP contribution in [0.25, 0.3) is 0 Å². The highest BCUT2D eigenvalue weighted by Gasteiger charge is 2.10. The lowest BCUT2D eigenvalue weighted by Gasteiger charge is -2.08. The molecule has 0 saturated carbocycles. The van der Waals surface area contributed by atoms with Gasteiger partial charge in [0.15, 0.2) is 24.8 Å². The molecule has 0 unspecified atom stereocenters. The molecule has 8 heteroatoms. The monoisotopic (exact) mass is 346 g/mol. The van der Waals surface area contributed by atoms with Crippen LogP contribution < -0.4 is 10.1 Å². The molecule has 1 N–H and O–H groups in total. The number of carbonyl (C=O) groups is 2. The molecule has 0 spiro atoms. The zero-order chi connectivity index (χ0) is 18.2. The Kier molecular flexibility index (Phi) is 6.01. The van der Waals surface area contributed by atoms with E-state index in [2.05, 4.69) is 5.32 Å². The van der Waals surface area contributed by atoms with Crippen molar-refractivity contribution in [1.29, 1.82) is 5.26 Å². The zero-order valence-electron chi connectivity index (χ0n) is 12.8. The number of nitrogens with one attached hydrogen (secondary N) is 1. The molecule has 0 aromatic heterocycles. The summed E-state index contributed by atoms with van der Waals surface area (Å²) in [7, 11) is 0. The Morgan fingerprint density at radius 3 is 2.40 bits per heavy atom. The Bertz CT molecular complexity index is 816. The standard InChI is InChI=1S/C17H12F2N2O4/c18-14-6-3-12(7-15(14)19)21-16(22)9-25-17(23)10-24-13-4-1-11(8-20)2-5-13/h1-7H,9-10H2,(H,21,22). The van der Waals surface area contributed by atoms with Gasteiger partial charge in [0, 0.05) is 11.8 Å². The third-order valence-electron chi connectivity index (χ3n) is 2.91. The van der Waals surface area contributed by atoms with Gasteiger partial charge < -0.3 is 14.8 Å². The molecule has 0 fully saturated rings. The molecule has 0 bridgehead atoms. The molecule has 2 aromatic carbocycles. The van der Waals surface area contributed by atoms with Gasteiger partial charge in [0.05, 0.1) is 11.6 Å². The highest BCUT2D eigenvalue weighted by Crippen LogP contribution is 2.13. The predicted octanol–water partition coefficient (Wildman–Crippen LogP) is 2.40. The first kappa shape index (κ1) is 17.9. The smallest absolute Gasteiger partial charge is 0.344 e. The number of carbonyl (C=O) groups excluding carboxylic acids is 2. The number of nitrogens with zero attached hydrogens (tertiary/aromatic N) is 1. The Hall–Kier alpha value is -3.47. The number of nitriles is 1. The summed E-state index contributed by atoms with van der Waals surface area (Å²) in [5.74, 6) is -3.28. The highest BCUT2D eigenvalue weighted by atomic mass is 19.2. The predicted molar refractivity (Wildman–Crippen MR) is 82.6 cm³/mol. The summed E-state index contributed by atoms with van der Waals surface area (Å²) < 4.78 is 35.6. The van der Waals surface area contributed by atoms with E-state index in [1.165, 1.54) is 30.3 Å². The molecule has 2 rings (SSSR count). The summed E-state index contributed by atoms with van der Waals surface area (Å²) in [5.41, 5.74) is 0.484. The van der Waals surface area contributed by atoms with E-state index in [1.54, 1.807) is 0 Å². The summed E-state index contributed by atoms with van der Waals surface area (Å²) in [6.07, 6.45) is 0. The fraction of sp³-hybridized carbons (Fsp3) is 0.118. The second-order valence-corrected chi connectivity index (χ2v) is 4.76. The van der Waals surface area contributed by atoms with Gasteiger partial charge in [-0.2, -0.15) is 5.26 Å². The molecule has 6 nitrogen and oxygen atoms in total. The normalized spacial score (nSPS) is 9.80. The first-order valence-electron chi connectivity index (χ1n) is 7.01. The largest absolute Gasteiger partial charge is 0.482 e. The second kappa shape index (κ2) is 8.40. The van der Waals surface area contributed by atoms with Crippen LogP contribution in [0.15, 0.2) is 42.5 Å². The van der Waals surface area contributed by atoms with Crippen LogP contribution >= 0.6 is 0 Å². The lowest BCUT2D eigenvalue weighted by Crippen LogP contribution is -2.23. The van der Waals surface area contributed by atoms with E-state index < -0.39 is 36.7 Å². The molecular formula is C17H12F2N2O4. The number of hydrogen-bond acceptors (Lipinski definition) is 5. The molecule has 0 radical (unpaired) electrons. The van der Waals surface area contributed by atoms with Crippen LogP contribution in [0, 0.1) is 23.0 Å². The topological polar surface area (TPSA) is 88.4 Å². The minimum atomic E-state index is -1.11. The van der Waals surface area contributed by atoms with Gasteiger partial charge in [0.2, 0.25) is 0 Å². The van der Waals surface area contributed by atoms with Gasteiger partial charge in [0.1, 0.15) is 5.75 Å². The molecule has 0 saturated heterocycles. The van der Waals surface area contributed by atoms with Gasteiger partial charge in [-0.3, -0.25) is 4.79 Å². The Balaban J connectivity index is 1.74. The van der Waals surface area contributed by atoms with Gasteiger partial charge in [-0.15, -0.1) is 0 Å². The number of rotatable bonds is 6. The van der Waals surface area contributed by atoms with Crippen molar-refractivity contribution in [2.24, 2.45) is 0 Å². The molecule has 2 aromatic rings. The molecule has 1 amide bonds. The fourth-order valence-corrected chi connectivity index (χ4v) is 1.73. The molecule has 0 atom stereocenters. The SMILES string of the molecule is N#Cc1ccc(OCC(=O)OCC(=O)Nc2ccc(F)c(F)c2)cc1. The van der Waals surface area contributed by atoms with Crippen LogP contribution in [0.5, 0.6) is 5.75 Å². The molecule has 25 heavy (non-hydrogen) atoms. The molecule has 128 valence electrons. The zero-order valence-corrected chi connectivity index (χ0v) is 12.8. The van der Waals surface area contributed by atoms with Crippen LogP contribution in [0.3, 0.4) is 0 Å².